The number of phenolic OH excluding ortho intramolecular Hbond substituents is 1. The largest absolute Gasteiger partial charge is 0.506 e. The summed E-state index contributed by atoms with van der Waals surface area (Å²) in [5, 5.41) is 13.8. The fourth-order valence-corrected chi connectivity index (χ4v) is 3.08. The zero-order valence-corrected chi connectivity index (χ0v) is 14.0. The van der Waals surface area contributed by atoms with Gasteiger partial charge >= 0.3 is 0 Å². The van der Waals surface area contributed by atoms with Gasteiger partial charge in [0, 0.05) is 17.4 Å². The number of aryl methyl sites for hydroxylation is 2. The lowest BCUT2D eigenvalue weighted by Gasteiger charge is -2.12. The van der Waals surface area contributed by atoms with Crippen LogP contribution in [0.3, 0.4) is 0 Å². The minimum Gasteiger partial charge on any atom is -0.506 e. The van der Waals surface area contributed by atoms with Gasteiger partial charge in [0.25, 0.3) is 5.91 Å². The molecule has 0 spiro atoms. The summed E-state index contributed by atoms with van der Waals surface area (Å²) < 4.78 is 2.09. The van der Waals surface area contributed by atoms with E-state index < -0.39 is 0 Å². The zero-order chi connectivity index (χ0) is 17.1. The number of rotatable bonds is 5. The molecule has 0 fully saturated rings. The van der Waals surface area contributed by atoms with Crippen molar-refractivity contribution in [2.45, 2.75) is 33.2 Å². The van der Waals surface area contributed by atoms with Crippen LogP contribution in [0.25, 0.3) is 10.9 Å². The van der Waals surface area contributed by atoms with Crippen LogP contribution in [0.4, 0.5) is 5.69 Å². The number of nitrogens with zero attached hydrogens (tertiary/aromatic N) is 1. The monoisotopic (exact) mass is 322 g/mol. The number of phenols is 1. The second kappa shape index (κ2) is 6.79. The van der Waals surface area contributed by atoms with Crippen LogP contribution < -0.4 is 5.32 Å². The maximum atomic E-state index is 12.9. The summed E-state index contributed by atoms with van der Waals surface area (Å²) in [7, 11) is 0. The normalized spacial score (nSPS) is 10.9. The van der Waals surface area contributed by atoms with Crippen molar-refractivity contribution in [3.63, 3.8) is 0 Å². The molecule has 4 heteroatoms. The lowest BCUT2D eigenvalue weighted by Crippen LogP contribution is -2.18. The maximum absolute atomic E-state index is 12.9. The van der Waals surface area contributed by atoms with E-state index >= 15 is 0 Å². The summed E-state index contributed by atoms with van der Waals surface area (Å²) >= 11 is 0. The first-order valence-electron chi connectivity index (χ1n) is 8.30. The predicted molar refractivity (Wildman–Crippen MR) is 97.6 cm³/mol. The van der Waals surface area contributed by atoms with Crippen molar-refractivity contribution in [2.75, 3.05) is 5.32 Å². The van der Waals surface area contributed by atoms with Crippen molar-refractivity contribution in [3.05, 3.63) is 59.8 Å². The van der Waals surface area contributed by atoms with Gasteiger partial charge in [0.15, 0.2) is 0 Å². The van der Waals surface area contributed by atoms with Gasteiger partial charge in [-0.1, -0.05) is 43.7 Å². The number of benzene rings is 2. The minimum atomic E-state index is -0.193. The number of aromatic hydroxyl groups is 1. The van der Waals surface area contributed by atoms with Gasteiger partial charge in [-0.05, 0) is 37.1 Å². The number of aromatic nitrogens is 1. The van der Waals surface area contributed by atoms with Gasteiger partial charge in [0.1, 0.15) is 11.4 Å². The van der Waals surface area contributed by atoms with E-state index in [4.69, 9.17) is 0 Å². The first kappa shape index (κ1) is 16.1. The molecule has 3 rings (SSSR count). The quantitative estimate of drug-likeness (QED) is 0.669. The molecule has 124 valence electrons. The first-order chi connectivity index (χ1) is 11.6. The third-order valence-electron chi connectivity index (χ3n) is 4.33. The number of unbranched alkanes of at least 4 members (excludes halogenated alkanes) is 1. The Labute approximate surface area is 141 Å². The van der Waals surface area contributed by atoms with Crippen molar-refractivity contribution in [1.82, 2.24) is 4.57 Å². The molecule has 0 saturated heterocycles. The van der Waals surface area contributed by atoms with Crippen molar-refractivity contribution in [3.8, 4) is 5.75 Å². The lowest BCUT2D eigenvalue weighted by molar-refractivity contribution is 0.101. The van der Waals surface area contributed by atoms with E-state index in [-0.39, 0.29) is 11.7 Å². The van der Waals surface area contributed by atoms with E-state index in [2.05, 4.69) is 22.9 Å². The molecule has 0 aliphatic rings. The van der Waals surface area contributed by atoms with Crippen LogP contribution in [0, 0.1) is 6.92 Å². The predicted octanol–water partition coefficient (Wildman–Crippen LogP) is 4.71. The van der Waals surface area contributed by atoms with Crippen LogP contribution in [0.1, 0.15) is 35.8 Å². The Bertz CT molecular complexity index is 880. The van der Waals surface area contributed by atoms with Crippen molar-refractivity contribution >= 4 is 22.5 Å². The molecule has 1 heterocycles. The summed E-state index contributed by atoms with van der Waals surface area (Å²) in [6, 6.07) is 14.9. The molecule has 4 nitrogen and oxygen atoms in total. The fraction of sp³-hybridized carbons (Fsp3) is 0.250. The molecule has 0 aliphatic carbocycles. The Morgan fingerprint density at radius 2 is 1.83 bits per heavy atom. The topological polar surface area (TPSA) is 54.3 Å². The van der Waals surface area contributed by atoms with Crippen LogP contribution >= 0.6 is 0 Å². The van der Waals surface area contributed by atoms with Gasteiger partial charge in [-0.15, -0.1) is 0 Å². The summed E-state index contributed by atoms with van der Waals surface area (Å²) in [5.74, 6) is -0.124. The molecule has 0 atom stereocenters. The van der Waals surface area contributed by atoms with Crippen LogP contribution in [0.2, 0.25) is 0 Å². The third-order valence-corrected chi connectivity index (χ3v) is 4.33. The van der Waals surface area contributed by atoms with Gasteiger partial charge in [0.2, 0.25) is 0 Å². The van der Waals surface area contributed by atoms with Gasteiger partial charge in [-0.3, -0.25) is 4.79 Å². The molecular formula is C20H22N2O2. The van der Waals surface area contributed by atoms with Gasteiger partial charge in [0.05, 0.1) is 5.69 Å². The molecule has 0 unspecified atom stereocenters. The summed E-state index contributed by atoms with van der Waals surface area (Å²) in [4.78, 5) is 12.9. The molecule has 0 aliphatic heterocycles. The fourth-order valence-electron chi connectivity index (χ4n) is 3.08. The average molecular weight is 322 g/mol. The number of carbonyl (C=O) groups excluding carboxylic acids is 1. The van der Waals surface area contributed by atoms with Crippen LogP contribution in [0.15, 0.2) is 48.5 Å². The van der Waals surface area contributed by atoms with Crippen molar-refractivity contribution < 1.29 is 9.90 Å². The Balaban J connectivity index is 2.05. The molecule has 0 bridgehead atoms. The molecule has 2 aromatic carbocycles. The van der Waals surface area contributed by atoms with Crippen LogP contribution in [-0.4, -0.2) is 15.6 Å². The number of nitrogens with one attached hydrogen (secondary N) is 1. The van der Waals surface area contributed by atoms with Crippen molar-refractivity contribution in [2.24, 2.45) is 0 Å². The highest BCUT2D eigenvalue weighted by Crippen LogP contribution is 2.28. The van der Waals surface area contributed by atoms with Crippen molar-refractivity contribution in [1.29, 1.82) is 0 Å². The van der Waals surface area contributed by atoms with E-state index in [1.54, 1.807) is 24.3 Å². The maximum Gasteiger partial charge on any atom is 0.272 e. The molecule has 1 aromatic heterocycles. The number of hydrogen-bond acceptors (Lipinski definition) is 2. The van der Waals surface area contributed by atoms with Gasteiger partial charge in [-0.2, -0.15) is 0 Å². The van der Waals surface area contributed by atoms with E-state index in [9.17, 15) is 9.90 Å². The molecule has 1 amide bonds. The minimum absolute atomic E-state index is 0.0692. The molecule has 0 saturated carbocycles. The molecule has 0 radical (unpaired) electrons. The SMILES string of the molecule is CCCCn1c(C(=O)Nc2ccccc2O)c(C)c2ccccc21. The zero-order valence-electron chi connectivity index (χ0n) is 14.0. The number of fused-ring (bicyclic) bond motifs is 1. The smallest absolute Gasteiger partial charge is 0.272 e. The van der Waals surface area contributed by atoms with Crippen LogP contribution in [0.5, 0.6) is 5.75 Å². The highest BCUT2D eigenvalue weighted by Gasteiger charge is 2.20. The Morgan fingerprint density at radius 1 is 1.12 bits per heavy atom. The number of anilines is 1. The van der Waals surface area contributed by atoms with Crippen LogP contribution in [-0.2, 0) is 6.54 Å². The van der Waals surface area contributed by atoms with E-state index in [1.807, 2.05) is 25.1 Å². The molecule has 24 heavy (non-hydrogen) atoms. The van der Waals surface area contributed by atoms with Gasteiger partial charge < -0.3 is 15.0 Å². The van der Waals surface area contributed by atoms with E-state index in [1.165, 1.54) is 0 Å². The average Bonchev–Trinajstić information content (AvgIpc) is 2.87. The number of carbonyl (C=O) groups is 1. The number of amides is 1. The molecule has 2 N–H and O–H groups in total. The first-order valence-corrected chi connectivity index (χ1v) is 8.30. The second-order valence-corrected chi connectivity index (χ2v) is 5.97. The Hall–Kier alpha value is -2.75. The highest BCUT2D eigenvalue weighted by atomic mass is 16.3. The standard InChI is InChI=1S/C20H22N2O2/c1-3-4-13-22-17-11-7-5-9-15(17)14(2)19(22)20(24)21-16-10-6-8-12-18(16)23/h5-12,23H,3-4,13H2,1-2H3,(H,21,24). The lowest BCUT2D eigenvalue weighted by atomic mass is 10.1. The number of para-hydroxylation sites is 3. The molecular weight excluding hydrogens is 300 g/mol. The second-order valence-electron chi connectivity index (χ2n) is 5.97. The Kier molecular flexibility index (Phi) is 4.56. The Morgan fingerprint density at radius 3 is 2.58 bits per heavy atom. The summed E-state index contributed by atoms with van der Waals surface area (Å²) in [5.41, 5.74) is 3.13. The third kappa shape index (κ3) is 2.87. The summed E-state index contributed by atoms with van der Waals surface area (Å²) in [6.07, 6.45) is 2.07. The highest BCUT2D eigenvalue weighted by molar-refractivity contribution is 6.08. The summed E-state index contributed by atoms with van der Waals surface area (Å²) in [6.45, 7) is 4.92. The molecule has 3 aromatic rings. The number of hydrogen-bond donors (Lipinski definition) is 2. The van der Waals surface area contributed by atoms with Gasteiger partial charge in [-0.25, -0.2) is 0 Å². The van der Waals surface area contributed by atoms with E-state index in [0.29, 0.717) is 11.4 Å². The van der Waals surface area contributed by atoms with E-state index in [0.717, 1.165) is 35.9 Å².